The molecule has 0 saturated heterocycles. The number of H-pyrrole nitrogens is 1. The van der Waals surface area contributed by atoms with E-state index in [1.807, 2.05) is 31.3 Å². The molecule has 0 spiro atoms. The number of rotatable bonds is 5. The summed E-state index contributed by atoms with van der Waals surface area (Å²) in [7, 11) is 1.89. The summed E-state index contributed by atoms with van der Waals surface area (Å²) in [5.74, 6) is -0.414. The Labute approximate surface area is 162 Å². The minimum absolute atomic E-state index is 0. The van der Waals surface area contributed by atoms with Crippen molar-refractivity contribution >= 4 is 40.8 Å². The van der Waals surface area contributed by atoms with Crippen molar-refractivity contribution in [2.24, 2.45) is 0 Å². The van der Waals surface area contributed by atoms with Gasteiger partial charge in [0.05, 0.1) is 0 Å². The molecule has 3 rings (SSSR count). The number of carbonyl (C=O) groups excluding carboxylic acids is 1. The highest BCUT2D eigenvalue weighted by atomic mass is 35.5. The van der Waals surface area contributed by atoms with Crippen molar-refractivity contribution in [2.75, 3.05) is 7.05 Å². The summed E-state index contributed by atoms with van der Waals surface area (Å²) in [4.78, 5) is 27.8. The zero-order valence-electron chi connectivity index (χ0n) is 14.1. The van der Waals surface area contributed by atoms with Gasteiger partial charge in [0.15, 0.2) is 0 Å². The predicted octanol–water partition coefficient (Wildman–Crippen LogP) is 3.25. The van der Waals surface area contributed by atoms with Crippen molar-refractivity contribution in [2.45, 2.75) is 13.1 Å². The Balaban J connectivity index is 0.00000243. The number of carbonyl (C=O) groups is 1. The van der Waals surface area contributed by atoms with Crippen LogP contribution < -0.4 is 16.1 Å². The van der Waals surface area contributed by atoms with Crippen molar-refractivity contribution in [1.29, 1.82) is 0 Å². The molecule has 0 aliphatic rings. The average Bonchev–Trinajstić information content (AvgIpc) is 2.62. The maximum absolute atomic E-state index is 12.5. The Bertz CT molecular complexity index is 969. The van der Waals surface area contributed by atoms with Crippen LogP contribution in [0.4, 0.5) is 0 Å². The van der Waals surface area contributed by atoms with Crippen molar-refractivity contribution in [3.63, 3.8) is 0 Å². The topological polar surface area (TPSA) is 74.0 Å². The van der Waals surface area contributed by atoms with Gasteiger partial charge in [-0.3, -0.25) is 9.59 Å². The largest absolute Gasteiger partial charge is 0.360 e. The number of nitrogens with one attached hydrogen (secondary N) is 3. The molecule has 0 fully saturated rings. The Morgan fingerprint density at radius 2 is 1.73 bits per heavy atom. The molecular formula is C19H19Cl2N3O2. The highest BCUT2D eigenvalue weighted by molar-refractivity contribution is 6.31. The lowest BCUT2D eigenvalue weighted by Gasteiger charge is -2.07. The average molecular weight is 392 g/mol. The first-order valence-electron chi connectivity index (χ1n) is 7.90. The lowest BCUT2D eigenvalue weighted by molar-refractivity contribution is 0.0949. The Morgan fingerprint density at radius 1 is 1.08 bits per heavy atom. The van der Waals surface area contributed by atoms with Crippen LogP contribution in [0.15, 0.2) is 53.5 Å². The number of halogens is 2. The van der Waals surface area contributed by atoms with Crippen LogP contribution in [0.3, 0.4) is 0 Å². The second-order valence-corrected chi connectivity index (χ2v) is 6.19. The van der Waals surface area contributed by atoms with Gasteiger partial charge in [-0.25, -0.2) is 0 Å². The van der Waals surface area contributed by atoms with Crippen LogP contribution in [0.2, 0.25) is 5.02 Å². The standard InChI is InChI=1S/C19H18ClN3O2.ClH/c1-21-9-12-2-4-13(5-3-12)10-23-19(25)16-11-22-17-7-6-14(20)8-15(17)18(16)24;/h2-8,11,21H,9-10H2,1H3,(H,22,24)(H,23,25);1H. The summed E-state index contributed by atoms with van der Waals surface area (Å²) < 4.78 is 0. The van der Waals surface area contributed by atoms with Gasteiger partial charge >= 0.3 is 0 Å². The molecule has 0 atom stereocenters. The molecule has 1 amide bonds. The second-order valence-electron chi connectivity index (χ2n) is 5.75. The number of pyridine rings is 1. The van der Waals surface area contributed by atoms with Crippen LogP contribution >= 0.6 is 24.0 Å². The SMILES string of the molecule is CNCc1ccc(CNC(=O)c2c[nH]c3ccc(Cl)cc3c2=O)cc1.Cl. The van der Waals surface area contributed by atoms with Gasteiger partial charge in [-0.15, -0.1) is 12.4 Å². The first kappa shape index (κ1) is 20.0. The molecule has 136 valence electrons. The minimum Gasteiger partial charge on any atom is -0.360 e. The highest BCUT2D eigenvalue weighted by Gasteiger charge is 2.13. The number of amides is 1. The lowest BCUT2D eigenvalue weighted by atomic mass is 10.1. The predicted molar refractivity (Wildman–Crippen MR) is 107 cm³/mol. The monoisotopic (exact) mass is 391 g/mol. The lowest BCUT2D eigenvalue weighted by Crippen LogP contribution is -2.28. The van der Waals surface area contributed by atoms with Crippen LogP contribution in [0.1, 0.15) is 21.5 Å². The maximum Gasteiger partial charge on any atom is 0.257 e. The summed E-state index contributed by atoms with van der Waals surface area (Å²) in [6, 6.07) is 12.9. The van der Waals surface area contributed by atoms with Crippen LogP contribution in [0, 0.1) is 0 Å². The summed E-state index contributed by atoms with van der Waals surface area (Å²) in [5.41, 5.74) is 2.51. The van der Waals surface area contributed by atoms with Crippen molar-refractivity contribution in [3.05, 3.63) is 80.6 Å². The second kappa shape index (κ2) is 8.85. The summed E-state index contributed by atoms with van der Waals surface area (Å²) in [6.45, 7) is 1.15. The number of aromatic nitrogens is 1. The van der Waals surface area contributed by atoms with E-state index in [1.165, 1.54) is 11.8 Å². The number of hydrogen-bond acceptors (Lipinski definition) is 3. The number of hydrogen-bond donors (Lipinski definition) is 3. The highest BCUT2D eigenvalue weighted by Crippen LogP contribution is 2.15. The summed E-state index contributed by atoms with van der Waals surface area (Å²) in [5, 5.41) is 6.72. The Hall–Kier alpha value is -2.34. The zero-order chi connectivity index (χ0) is 17.8. The third-order valence-electron chi connectivity index (χ3n) is 3.94. The van der Waals surface area contributed by atoms with Gasteiger partial charge in [0.25, 0.3) is 5.91 Å². The van der Waals surface area contributed by atoms with Crippen molar-refractivity contribution in [1.82, 2.24) is 15.6 Å². The fourth-order valence-corrected chi connectivity index (χ4v) is 2.79. The first-order chi connectivity index (χ1) is 12.1. The molecule has 0 aliphatic carbocycles. The molecule has 3 aromatic rings. The van der Waals surface area contributed by atoms with E-state index in [-0.39, 0.29) is 23.4 Å². The fourth-order valence-electron chi connectivity index (χ4n) is 2.62. The van der Waals surface area contributed by atoms with Gasteiger partial charge in [-0.1, -0.05) is 35.9 Å². The van der Waals surface area contributed by atoms with Gasteiger partial charge < -0.3 is 15.6 Å². The summed E-state index contributed by atoms with van der Waals surface area (Å²) >= 11 is 5.94. The number of aromatic amines is 1. The molecule has 7 heteroatoms. The van der Waals surface area contributed by atoms with Gasteiger partial charge in [0.1, 0.15) is 5.56 Å². The number of benzene rings is 2. The van der Waals surface area contributed by atoms with Crippen molar-refractivity contribution < 1.29 is 4.79 Å². The zero-order valence-corrected chi connectivity index (χ0v) is 15.7. The van der Waals surface area contributed by atoms with Crippen LogP contribution in [-0.2, 0) is 13.1 Å². The molecule has 3 N–H and O–H groups in total. The van der Waals surface area contributed by atoms with E-state index in [2.05, 4.69) is 15.6 Å². The van der Waals surface area contributed by atoms with E-state index >= 15 is 0 Å². The van der Waals surface area contributed by atoms with Crippen LogP contribution in [-0.4, -0.2) is 17.9 Å². The van der Waals surface area contributed by atoms with Crippen LogP contribution in [0.5, 0.6) is 0 Å². The minimum atomic E-state index is -0.414. The van der Waals surface area contributed by atoms with E-state index < -0.39 is 5.91 Å². The molecule has 0 radical (unpaired) electrons. The smallest absolute Gasteiger partial charge is 0.257 e. The maximum atomic E-state index is 12.5. The Morgan fingerprint density at radius 3 is 2.38 bits per heavy atom. The molecule has 0 bridgehead atoms. The van der Waals surface area contributed by atoms with Gasteiger partial charge in [0, 0.05) is 35.2 Å². The third-order valence-corrected chi connectivity index (χ3v) is 4.18. The number of fused-ring (bicyclic) bond motifs is 1. The molecule has 0 unspecified atom stereocenters. The molecule has 1 aromatic heterocycles. The first-order valence-corrected chi connectivity index (χ1v) is 8.28. The third kappa shape index (κ3) is 4.43. The Kier molecular flexibility index (Phi) is 6.80. The molecular weight excluding hydrogens is 373 g/mol. The van der Waals surface area contributed by atoms with Gasteiger partial charge in [-0.05, 0) is 36.4 Å². The molecule has 1 heterocycles. The van der Waals surface area contributed by atoms with E-state index in [4.69, 9.17) is 11.6 Å². The van der Waals surface area contributed by atoms with E-state index in [0.29, 0.717) is 22.5 Å². The normalized spacial score (nSPS) is 10.4. The van der Waals surface area contributed by atoms with Crippen molar-refractivity contribution in [3.8, 4) is 0 Å². The fraction of sp³-hybridized carbons (Fsp3) is 0.158. The van der Waals surface area contributed by atoms with E-state index in [0.717, 1.165) is 12.1 Å². The molecule has 2 aromatic carbocycles. The molecule has 26 heavy (non-hydrogen) atoms. The van der Waals surface area contributed by atoms with E-state index in [1.54, 1.807) is 18.2 Å². The van der Waals surface area contributed by atoms with E-state index in [9.17, 15) is 9.59 Å². The molecule has 0 saturated carbocycles. The molecule has 0 aliphatic heterocycles. The van der Waals surface area contributed by atoms with Crippen LogP contribution in [0.25, 0.3) is 10.9 Å². The molecule has 5 nitrogen and oxygen atoms in total. The summed E-state index contributed by atoms with van der Waals surface area (Å²) in [6.07, 6.45) is 1.43. The quantitative estimate of drug-likeness (QED) is 0.624. The van der Waals surface area contributed by atoms with Gasteiger partial charge in [0.2, 0.25) is 5.43 Å². The van der Waals surface area contributed by atoms with Gasteiger partial charge in [-0.2, -0.15) is 0 Å².